The van der Waals surface area contributed by atoms with Gasteiger partial charge in [-0.2, -0.15) is 10.2 Å². The van der Waals surface area contributed by atoms with Crippen LogP contribution in [0, 0.1) is 0 Å². The predicted molar refractivity (Wildman–Crippen MR) is 74.9 cm³/mol. The molecular weight excluding hydrogens is 272 g/mol. The van der Waals surface area contributed by atoms with Crippen molar-refractivity contribution >= 4 is 5.91 Å². The zero-order valence-corrected chi connectivity index (χ0v) is 11.9. The number of hydrogen-bond acceptors (Lipinski definition) is 6. The highest BCUT2D eigenvalue weighted by atomic mass is 16.6. The van der Waals surface area contributed by atoms with Gasteiger partial charge >= 0.3 is 0 Å². The summed E-state index contributed by atoms with van der Waals surface area (Å²) < 4.78 is 11.7. The van der Waals surface area contributed by atoms with Gasteiger partial charge in [-0.1, -0.05) is 0 Å². The molecule has 1 amide bonds. The van der Waals surface area contributed by atoms with Crippen LogP contribution in [-0.4, -0.2) is 60.7 Å². The minimum atomic E-state index is -0.232. The molecule has 7 nitrogen and oxygen atoms in total. The van der Waals surface area contributed by atoms with E-state index in [1.54, 1.807) is 6.07 Å². The summed E-state index contributed by atoms with van der Waals surface area (Å²) in [4.78, 5) is 12.0. The number of aromatic nitrogens is 2. The lowest BCUT2D eigenvalue weighted by molar-refractivity contribution is -0.0764. The number of nitrogens with one attached hydrogen (secondary N) is 2. The van der Waals surface area contributed by atoms with E-state index in [0.29, 0.717) is 18.7 Å². The highest BCUT2D eigenvalue weighted by Crippen LogP contribution is 2.30. The Balaban J connectivity index is 1.50. The minimum Gasteiger partial charge on any atom is -0.377 e. The molecule has 2 aliphatic rings. The summed E-state index contributed by atoms with van der Waals surface area (Å²) in [6.07, 6.45) is 4.88. The van der Waals surface area contributed by atoms with Crippen LogP contribution in [0.4, 0.5) is 0 Å². The first-order valence-corrected chi connectivity index (χ1v) is 7.29. The van der Waals surface area contributed by atoms with E-state index in [9.17, 15) is 4.79 Å². The first-order valence-electron chi connectivity index (χ1n) is 7.29. The van der Waals surface area contributed by atoms with Crippen molar-refractivity contribution in [2.75, 3.05) is 32.8 Å². The fourth-order valence-electron chi connectivity index (χ4n) is 2.78. The Kier molecular flexibility index (Phi) is 4.42. The van der Waals surface area contributed by atoms with Gasteiger partial charge in [0.1, 0.15) is 5.60 Å². The summed E-state index contributed by atoms with van der Waals surface area (Å²) in [5, 5.41) is 13.6. The van der Waals surface area contributed by atoms with Crippen LogP contribution >= 0.6 is 0 Å². The SMILES string of the molecule is O=C(NC[C@H]1CC[C@]2(CNCCOC2)O1)c1ccnnc1. The zero-order chi connectivity index (χ0) is 14.5. The molecule has 0 aromatic carbocycles. The van der Waals surface area contributed by atoms with Crippen molar-refractivity contribution in [3.63, 3.8) is 0 Å². The second-order valence-electron chi connectivity index (χ2n) is 5.53. The maximum Gasteiger partial charge on any atom is 0.253 e. The molecule has 1 aromatic rings. The molecule has 2 saturated heterocycles. The summed E-state index contributed by atoms with van der Waals surface area (Å²) in [6, 6.07) is 1.64. The standard InChI is InChI=1S/C14H20N4O3/c19-13(11-2-4-17-18-7-11)16-8-12-1-3-14(21-12)9-15-5-6-20-10-14/h2,4,7,12,15H,1,3,5-6,8-10H2,(H,16,19)/t12-,14-/m1/s1. The molecule has 0 aliphatic carbocycles. The lowest BCUT2D eigenvalue weighted by Crippen LogP contribution is -2.43. The molecule has 2 aliphatic heterocycles. The van der Waals surface area contributed by atoms with Crippen LogP contribution in [0.5, 0.6) is 0 Å². The Morgan fingerprint density at radius 3 is 3.33 bits per heavy atom. The van der Waals surface area contributed by atoms with Crippen molar-refractivity contribution in [1.29, 1.82) is 0 Å². The van der Waals surface area contributed by atoms with Gasteiger partial charge in [0, 0.05) is 19.6 Å². The van der Waals surface area contributed by atoms with Gasteiger partial charge < -0.3 is 20.1 Å². The smallest absolute Gasteiger partial charge is 0.253 e. The van der Waals surface area contributed by atoms with Crippen molar-refractivity contribution in [2.45, 2.75) is 24.5 Å². The van der Waals surface area contributed by atoms with Crippen LogP contribution < -0.4 is 10.6 Å². The molecule has 2 fully saturated rings. The van der Waals surface area contributed by atoms with Gasteiger partial charge in [0.2, 0.25) is 0 Å². The van der Waals surface area contributed by atoms with Gasteiger partial charge in [-0.25, -0.2) is 0 Å². The topological polar surface area (TPSA) is 85.4 Å². The molecule has 1 spiro atoms. The van der Waals surface area contributed by atoms with Gasteiger partial charge in [-0.3, -0.25) is 4.79 Å². The summed E-state index contributed by atoms with van der Waals surface area (Å²) in [7, 11) is 0. The van der Waals surface area contributed by atoms with Gasteiger partial charge in [0.05, 0.1) is 37.3 Å². The summed E-state index contributed by atoms with van der Waals surface area (Å²) in [6.45, 7) is 3.52. The Labute approximate surface area is 123 Å². The van der Waals surface area contributed by atoms with Crippen LogP contribution in [-0.2, 0) is 9.47 Å². The number of carbonyl (C=O) groups excluding carboxylic acids is 1. The third-order valence-electron chi connectivity index (χ3n) is 3.91. The highest BCUT2D eigenvalue weighted by molar-refractivity contribution is 5.93. The van der Waals surface area contributed by atoms with Crippen molar-refractivity contribution in [2.24, 2.45) is 0 Å². The number of carbonyl (C=O) groups is 1. The predicted octanol–water partition coefficient (Wildman–Crippen LogP) is -0.256. The highest BCUT2D eigenvalue weighted by Gasteiger charge is 2.41. The molecule has 3 rings (SSSR count). The molecule has 0 saturated carbocycles. The zero-order valence-electron chi connectivity index (χ0n) is 11.9. The van der Waals surface area contributed by atoms with Crippen LogP contribution in [0.3, 0.4) is 0 Å². The van der Waals surface area contributed by atoms with E-state index in [1.807, 2.05) is 0 Å². The molecule has 21 heavy (non-hydrogen) atoms. The number of amides is 1. The van der Waals surface area contributed by atoms with E-state index in [1.165, 1.54) is 12.4 Å². The third-order valence-corrected chi connectivity index (χ3v) is 3.91. The maximum absolute atomic E-state index is 12.0. The maximum atomic E-state index is 12.0. The lowest BCUT2D eigenvalue weighted by atomic mass is 10.0. The molecule has 2 atom stereocenters. The molecule has 3 heterocycles. The molecule has 0 unspecified atom stereocenters. The number of hydrogen-bond donors (Lipinski definition) is 2. The molecule has 114 valence electrons. The summed E-state index contributed by atoms with van der Waals surface area (Å²) >= 11 is 0. The Bertz CT molecular complexity index is 474. The number of ether oxygens (including phenoxy) is 2. The van der Waals surface area contributed by atoms with Crippen molar-refractivity contribution in [1.82, 2.24) is 20.8 Å². The first kappa shape index (κ1) is 14.4. The normalized spacial score (nSPS) is 29.2. The summed E-state index contributed by atoms with van der Waals surface area (Å²) in [5.41, 5.74) is 0.279. The Morgan fingerprint density at radius 2 is 2.48 bits per heavy atom. The van der Waals surface area contributed by atoms with Crippen LogP contribution in [0.1, 0.15) is 23.2 Å². The molecule has 0 bridgehead atoms. The van der Waals surface area contributed by atoms with Gasteiger partial charge in [0.25, 0.3) is 5.91 Å². The molecule has 1 aromatic heterocycles. The van der Waals surface area contributed by atoms with Gasteiger partial charge in [0.15, 0.2) is 0 Å². The second-order valence-corrected chi connectivity index (χ2v) is 5.53. The summed E-state index contributed by atoms with van der Waals surface area (Å²) in [5.74, 6) is -0.148. The Hall–Kier alpha value is -1.57. The fourth-order valence-corrected chi connectivity index (χ4v) is 2.78. The number of rotatable bonds is 3. The average Bonchev–Trinajstić information content (AvgIpc) is 2.77. The fraction of sp³-hybridized carbons (Fsp3) is 0.643. The number of nitrogens with zero attached hydrogens (tertiary/aromatic N) is 2. The van der Waals surface area contributed by atoms with Crippen LogP contribution in [0.25, 0.3) is 0 Å². The van der Waals surface area contributed by atoms with Crippen molar-refractivity contribution in [3.05, 3.63) is 24.0 Å². The molecular formula is C14H20N4O3. The first-order chi connectivity index (χ1) is 10.3. The van der Waals surface area contributed by atoms with E-state index < -0.39 is 0 Å². The van der Waals surface area contributed by atoms with Crippen LogP contribution in [0.15, 0.2) is 18.5 Å². The average molecular weight is 292 g/mol. The van der Waals surface area contributed by atoms with Crippen LogP contribution in [0.2, 0.25) is 0 Å². The second kappa shape index (κ2) is 6.46. The van der Waals surface area contributed by atoms with Crippen molar-refractivity contribution in [3.8, 4) is 0 Å². The quantitative estimate of drug-likeness (QED) is 0.799. The third kappa shape index (κ3) is 3.55. The monoisotopic (exact) mass is 292 g/mol. The van der Waals surface area contributed by atoms with E-state index in [2.05, 4.69) is 20.8 Å². The van der Waals surface area contributed by atoms with Gasteiger partial charge in [-0.15, -0.1) is 0 Å². The van der Waals surface area contributed by atoms with E-state index in [4.69, 9.17) is 9.47 Å². The Morgan fingerprint density at radius 1 is 1.52 bits per heavy atom. The van der Waals surface area contributed by atoms with E-state index in [0.717, 1.165) is 32.5 Å². The largest absolute Gasteiger partial charge is 0.377 e. The molecule has 7 heteroatoms. The molecule has 0 radical (unpaired) electrons. The van der Waals surface area contributed by atoms with Crippen molar-refractivity contribution < 1.29 is 14.3 Å². The minimum absolute atomic E-state index is 0.0345. The van der Waals surface area contributed by atoms with E-state index >= 15 is 0 Å². The van der Waals surface area contributed by atoms with Gasteiger partial charge in [-0.05, 0) is 18.9 Å². The molecule has 2 N–H and O–H groups in total. The lowest BCUT2D eigenvalue weighted by Gasteiger charge is -2.27. The van der Waals surface area contributed by atoms with E-state index in [-0.39, 0.29) is 17.6 Å².